The highest BCUT2D eigenvalue weighted by molar-refractivity contribution is 5.93. The highest BCUT2D eigenvalue weighted by atomic mass is 16.5. The highest BCUT2D eigenvalue weighted by Gasteiger charge is 2.27. The van der Waals surface area contributed by atoms with E-state index in [0.717, 1.165) is 12.2 Å². The second-order valence-corrected chi connectivity index (χ2v) is 4.56. The lowest BCUT2D eigenvalue weighted by Crippen LogP contribution is -2.52. The molecule has 0 saturated carbocycles. The predicted molar refractivity (Wildman–Crippen MR) is 75.0 cm³/mol. The fraction of sp³-hybridized carbons (Fsp3) is 0.500. The van der Waals surface area contributed by atoms with Gasteiger partial charge in [-0.05, 0) is 32.3 Å². The third-order valence-corrected chi connectivity index (χ3v) is 3.02. The molecular formula is C14H18N4O2. The van der Waals surface area contributed by atoms with E-state index in [9.17, 15) is 4.79 Å². The Morgan fingerprint density at radius 3 is 3.10 bits per heavy atom. The molecular weight excluding hydrogens is 256 g/mol. The second-order valence-electron chi connectivity index (χ2n) is 4.56. The van der Waals surface area contributed by atoms with Gasteiger partial charge in [-0.2, -0.15) is 0 Å². The molecule has 0 radical (unpaired) electrons. The average Bonchev–Trinajstić information content (AvgIpc) is 2.41. The third kappa shape index (κ3) is 3.93. The summed E-state index contributed by atoms with van der Waals surface area (Å²) < 4.78 is 5.46. The first-order valence-electron chi connectivity index (χ1n) is 6.56. The molecule has 1 amide bonds. The van der Waals surface area contributed by atoms with Crippen LogP contribution in [0, 0.1) is 18.8 Å². The maximum atomic E-state index is 11.6. The summed E-state index contributed by atoms with van der Waals surface area (Å²) in [5.41, 5.74) is 0. The van der Waals surface area contributed by atoms with Gasteiger partial charge >= 0.3 is 0 Å². The molecule has 0 aliphatic carbocycles. The molecule has 2 atom stereocenters. The zero-order valence-electron chi connectivity index (χ0n) is 11.6. The van der Waals surface area contributed by atoms with Crippen molar-refractivity contribution in [1.29, 1.82) is 0 Å². The van der Waals surface area contributed by atoms with Crippen LogP contribution in [-0.4, -0.2) is 41.2 Å². The Morgan fingerprint density at radius 1 is 1.50 bits per heavy atom. The number of hydrogen-bond acceptors (Lipinski definition) is 5. The summed E-state index contributed by atoms with van der Waals surface area (Å²) in [4.78, 5) is 19.9. The Hall–Kier alpha value is -2.13. The van der Waals surface area contributed by atoms with Crippen molar-refractivity contribution < 1.29 is 9.53 Å². The van der Waals surface area contributed by atoms with Crippen LogP contribution in [0.4, 0.5) is 5.82 Å². The van der Waals surface area contributed by atoms with Gasteiger partial charge in [0.25, 0.3) is 5.91 Å². The number of carbonyl (C=O) groups is 1. The zero-order valence-corrected chi connectivity index (χ0v) is 11.6. The van der Waals surface area contributed by atoms with E-state index in [0.29, 0.717) is 19.0 Å². The van der Waals surface area contributed by atoms with Crippen LogP contribution in [-0.2, 0) is 9.53 Å². The number of nitrogens with one attached hydrogen (secondary N) is 2. The molecule has 2 heterocycles. The van der Waals surface area contributed by atoms with Crippen molar-refractivity contribution in [3.8, 4) is 11.8 Å². The zero-order chi connectivity index (χ0) is 14.4. The van der Waals surface area contributed by atoms with Gasteiger partial charge in [0.05, 0.1) is 18.7 Å². The molecule has 1 saturated heterocycles. The van der Waals surface area contributed by atoms with Crippen molar-refractivity contribution in [3.63, 3.8) is 0 Å². The lowest BCUT2D eigenvalue weighted by Gasteiger charge is -2.32. The number of nitrogens with zero attached hydrogens (tertiary/aromatic N) is 2. The van der Waals surface area contributed by atoms with E-state index in [1.807, 2.05) is 6.92 Å². The minimum Gasteiger partial charge on any atom is -0.379 e. The van der Waals surface area contributed by atoms with E-state index in [1.54, 1.807) is 19.2 Å². The van der Waals surface area contributed by atoms with Crippen LogP contribution in [0.3, 0.4) is 0 Å². The van der Waals surface area contributed by atoms with E-state index in [4.69, 9.17) is 4.74 Å². The summed E-state index contributed by atoms with van der Waals surface area (Å²) in [6.45, 7) is 4.63. The Bertz CT molecular complexity index is 535. The maximum Gasteiger partial charge on any atom is 0.296 e. The standard InChI is InChI=1S/C14H18N4O2/c1-3-4-14(19)18-11-6-8-20-9-12(11)17-13-5-7-15-10(2)16-13/h5,7,11-12H,6,8-9H2,1-2H3,(H,18,19)(H,15,16,17)/t11-,12+/m0/s1. The molecule has 1 aliphatic rings. The molecule has 6 heteroatoms. The first kappa shape index (κ1) is 14.3. The number of anilines is 1. The summed E-state index contributed by atoms with van der Waals surface area (Å²) in [6.07, 6.45) is 2.45. The summed E-state index contributed by atoms with van der Waals surface area (Å²) in [6, 6.07) is 1.75. The van der Waals surface area contributed by atoms with Crippen LogP contribution in [0.5, 0.6) is 0 Å². The summed E-state index contributed by atoms with van der Waals surface area (Å²) in [5.74, 6) is 6.26. The van der Waals surface area contributed by atoms with Gasteiger partial charge in [-0.25, -0.2) is 9.97 Å². The molecule has 1 aliphatic heterocycles. The van der Waals surface area contributed by atoms with Gasteiger partial charge in [0, 0.05) is 12.8 Å². The molecule has 2 N–H and O–H groups in total. The van der Waals surface area contributed by atoms with Crippen LogP contribution < -0.4 is 10.6 Å². The van der Waals surface area contributed by atoms with Gasteiger partial charge in [-0.1, -0.05) is 5.92 Å². The van der Waals surface area contributed by atoms with Crippen molar-refractivity contribution in [2.45, 2.75) is 32.4 Å². The molecule has 2 rings (SSSR count). The number of hydrogen-bond donors (Lipinski definition) is 2. The van der Waals surface area contributed by atoms with Crippen LogP contribution in [0.2, 0.25) is 0 Å². The van der Waals surface area contributed by atoms with Gasteiger partial charge in [0.2, 0.25) is 0 Å². The normalized spacial score (nSPS) is 21.5. The van der Waals surface area contributed by atoms with Gasteiger partial charge < -0.3 is 15.4 Å². The molecule has 0 aromatic carbocycles. The first-order valence-corrected chi connectivity index (χ1v) is 6.56. The maximum absolute atomic E-state index is 11.6. The molecule has 1 fully saturated rings. The lowest BCUT2D eigenvalue weighted by atomic mass is 10.0. The van der Waals surface area contributed by atoms with Gasteiger partial charge in [-0.3, -0.25) is 4.79 Å². The highest BCUT2D eigenvalue weighted by Crippen LogP contribution is 2.13. The summed E-state index contributed by atoms with van der Waals surface area (Å²) in [7, 11) is 0. The van der Waals surface area contributed by atoms with Gasteiger partial charge in [0.1, 0.15) is 11.6 Å². The van der Waals surface area contributed by atoms with E-state index >= 15 is 0 Å². The molecule has 20 heavy (non-hydrogen) atoms. The van der Waals surface area contributed by atoms with E-state index < -0.39 is 0 Å². The van der Waals surface area contributed by atoms with Crippen LogP contribution in [0.1, 0.15) is 19.2 Å². The summed E-state index contributed by atoms with van der Waals surface area (Å²) >= 11 is 0. The van der Waals surface area contributed by atoms with E-state index in [1.165, 1.54) is 0 Å². The fourth-order valence-electron chi connectivity index (χ4n) is 2.10. The average molecular weight is 274 g/mol. The van der Waals surface area contributed by atoms with Crippen molar-refractivity contribution in [1.82, 2.24) is 15.3 Å². The Balaban J connectivity index is 2.02. The molecule has 0 spiro atoms. The number of rotatable bonds is 3. The lowest BCUT2D eigenvalue weighted by molar-refractivity contribution is -0.117. The monoisotopic (exact) mass is 274 g/mol. The molecule has 6 nitrogen and oxygen atoms in total. The number of carbonyl (C=O) groups excluding carboxylic acids is 1. The number of aryl methyl sites for hydroxylation is 1. The Kier molecular flexibility index (Phi) is 4.91. The quantitative estimate of drug-likeness (QED) is 0.785. The molecule has 106 valence electrons. The SMILES string of the molecule is CC#CC(=O)N[C@H]1CCOC[C@H]1Nc1ccnc(C)n1. The van der Waals surface area contributed by atoms with Crippen molar-refractivity contribution >= 4 is 11.7 Å². The van der Waals surface area contributed by atoms with Crippen LogP contribution >= 0.6 is 0 Å². The first-order chi connectivity index (χ1) is 9.69. The molecule has 0 unspecified atom stereocenters. The van der Waals surface area contributed by atoms with Crippen LogP contribution in [0.25, 0.3) is 0 Å². The fourth-order valence-corrected chi connectivity index (χ4v) is 2.10. The second kappa shape index (κ2) is 6.87. The summed E-state index contributed by atoms with van der Waals surface area (Å²) in [5, 5.41) is 6.19. The third-order valence-electron chi connectivity index (χ3n) is 3.02. The molecule has 1 aromatic heterocycles. The Morgan fingerprint density at radius 2 is 2.35 bits per heavy atom. The number of ether oxygens (including phenoxy) is 1. The largest absolute Gasteiger partial charge is 0.379 e. The molecule has 0 bridgehead atoms. The van der Waals surface area contributed by atoms with Crippen molar-refractivity contribution in [2.75, 3.05) is 18.5 Å². The van der Waals surface area contributed by atoms with Gasteiger partial charge in [-0.15, -0.1) is 0 Å². The topological polar surface area (TPSA) is 76.1 Å². The number of aromatic nitrogens is 2. The van der Waals surface area contributed by atoms with E-state index in [2.05, 4.69) is 32.4 Å². The van der Waals surface area contributed by atoms with Crippen molar-refractivity contribution in [2.24, 2.45) is 0 Å². The minimum absolute atomic E-state index is 0.0210. The van der Waals surface area contributed by atoms with Gasteiger partial charge in [0.15, 0.2) is 0 Å². The molecule has 1 aromatic rings. The van der Waals surface area contributed by atoms with E-state index in [-0.39, 0.29) is 18.0 Å². The van der Waals surface area contributed by atoms with Crippen LogP contribution in [0.15, 0.2) is 12.3 Å². The smallest absolute Gasteiger partial charge is 0.296 e. The Labute approximate surface area is 118 Å². The predicted octanol–water partition coefficient (Wildman–Crippen LogP) is 0.494. The minimum atomic E-state index is -0.259. The van der Waals surface area contributed by atoms with Crippen molar-refractivity contribution in [3.05, 3.63) is 18.1 Å². The number of amides is 1.